The molecule has 0 radical (unpaired) electrons. The summed E-state index contributed by atoms with van der Waals surface area (Å²) >= 11 is 1.19. The van der Waals surface area contributed by atoms with Crippen LogP contribution in [0.5, 0.6) is 0 Å². The molecule has 0 aliphatic rings. The quantitative estimate of drug-likeness (QED) is 0.777. The van der Waals surface area contributed by atoms with Crippen molar-refractivity contribution >= 4 is 37.6 Å². The van der Waals surface area contributed by atoms with Gasteiger partial charge >= 0.3 is 0 Å². The van der Waals surface area contributed by atoms with Crippen LogP contribution >= 0.6 is 11.3 Å². The van der Waals surface area contributed by atoms with Crippen molar-refractivity contribution in [1.82, 2.24) is 0 Å². The molecule has 0 unspecified atom stereocenters. The van der Waals surface area contributed by atoms with Crippen molar-refractivity contribution in [3.8, 4) is 0 Å². The molecule has 0 fully saturated rings. The summed E-state index contributed by atoms with van der Waals surface area (Å²) in [4.78, 5) is 14.7. The number of hydrogen-bond donors (Lipinski definition) is 1. The van der Waals surface area contributed by atoms with E-state index in [9.17, 15) is 13.2 Å². The van der Waals surface area contributed by atoms with Crippen molar-refractivity contribution in [3.05, 3.63) is 4.88 Å². The van der Waals surface area contributed by atoms with Crippen molar-refractivity contribution in [2.75, 3.05) is 30.0 Å². The van der Waals surface area contributed by atoms with Gasteiger partial charge < -0.3 is 10.6 Å². The van der Waals surface area contributed by atoms with E-state index in [2.05, 4.69) is 0 Å². The maximum Gasteiger partial charge on any atom is 0.180 e. The number of sulfone groups is 1. The van der Waals surface area contributed by atoms with Crippen LogP contribution in [0.3, 0.4) is 0 Å². The lowest BCUT2D eigenvalue weighted by Gasteiger charge is -2.21. The predicted molar refractivity (Wildman–Crippen MR) is 89.2 cm³/mol. The summed E-state index contributed by atoms with van der Waals surface area (Å²) in [5, 5.41) is 0.586. The zero-order chi connectivity index (χ0) is 16.4. The molecular formula is C14H24N2O3S2. The van der Waals surface area contributed by atoms with Crippen LogP contribution in [-0.2, 0) is 9.84 Å². The molecule has 5 nitrogen and oxygen atoms in total. The standard InChI is InChI=1S/C14H24N2O3S2/c1-6-8-16(7-2)14-13(21(5,18)19)10(15)12(20-14)11(17)9(3)4/h9H,6-8,15H2,1-5H3. The first kappa shape index (κ1) is 18.0. The van der Waals surface area contributed by atoms with E-state index >= 15 is 0 Å². The maximum absolute atomic E-state index is 12.2. The summed E-state index contributed by atoms with van der Waals surface area (Å²) in [6.07, 6.45) is 2.03. The number of nitrogens with zero attached hydrogens (tertiary/aromatic N) is 1. The number of carbonyl (C=O) groups excluding carboxylic acids is 1. The average molecular weight is 332 g/mol. The highest BCUT2D eigenvalue weighted by molar-refractivity contribution is 7.91. The van der Waals surface area contributed by atoms with Crippen molar-refractivity contribution in [3.63, 3.8) is 0 Å². The van der Waals surface area contributed by atoms with Gasteiger partial charge in [-0.25, -0.2) is 8.42 Å². The third-order valence-corrected chi connectivity index (χ3v) is 5.73. The fourth-order valence-corrected chi connectivity index (χ4v) is 4.99. The van der Waals surface area contributed by atoms with Crippen LogP contribution in [0.25, 0.3) is 0 Å². The number of nitrogens with two attached hydrogens (primary N) is 1. The molecule has 2 N–H and O–H groups in total. The number of rotatable bonds is 7. The highest BCUT2D eigenvalue weighted by atomic mass is 32.2. The second-order valence-corrected chi connectivity index (χ2v) is 8.30. The summed E-state index contributed by atoms with van der Waals surface area (Å²) in [7, 11) is -3.48. The normalized spacial score (nSPS) is 11.9. The highest BCUT2D eigenvalue weighted by Crippen LogP contribution is 2.42. The second-order valence-electron chi connectivity index (χ2n) is 5.35. The van der Waals surface area contributed by atoms with Gasteiger partial charge in [0.15, 0.2) is 15.6 Å². The minimum Gasteiger partial charge on any atom is -0.396 e. The van der Waals surface area contributed by atoms with Gasteiger partial charge in [-0.15, -0.1) is 11.3 Å². The number of Topliss-reactive ketones (excluding diaryl/α,β-unsaturated/α-hetero) is 1. The van der Waals surface area contributed by atoms with Gasteiger partial charge in [-0.1, -0.05) is 20.8 Å². The summed E-state index contributed by atoms with van der Waals surface area (Å²) in [5.74, 6) is -0.325. The van der Waals surface area contributed by atoms with Crippen LogP contribution in [-0.4, -0.2) is 33.5 Å². The van der Waals surface area contributed by atoms with Crippen LogP contribution in [0.4, 0.5) is 10.7 Å². The fourth-order valence-electron chi connectivity index (χ4n) is 2.10. The molecule has 0 amide bonds. The number of thiophene rings is 1. The van der Waals surface area contributed by atoms with Gasteiger partial charge in [-0.3, -0.25) is 4.79 Å². The lowest BCUT2D eigenvalue weighted by Crippen LogP contribution is -2.24. The molecule has 21 heavy (non-hydrogen) atoms. The van der Waals surface area contributed by atoms with Crippen LogP contribution < -0.4 is 10.6 Å². The summed E-state index contributed by atoms with van der Waals surface area (Å²) < 4.78 is 24.2. The lowest BCUT2D eigenvalue weighted by molar-refractivity contribution is 0.0944. The molecule has 1 heterocycles. The van der Waals surface area contributed by atoms with Crippen molar-refractivity contribution in [1.29, 1.82) is 0 Å². The molecule has 1 rings (SSSR count). The first-order valence-electron chi connectivity index (χ1n) is 7.06. The van der Waals surface area contributed by atoms with E-state index in [1.165, 1.54) is 11.3 Å². The Morgan fingerprint density at radius 2 is 1.90 bits per heavy atom. The minimum atomic E-state index is -3.48. The van der Waals surface area contributed by atoms with Gasteiger partial charge in [-0.05, 0) is 13.3 Å². The Balaban J connectivity index is 3.56. The van der Waals surface area contributed by atoms with Gasteiger partial charge in [0.05, 0.1) is 10.6 Å². The molecule has 7 heteroatoms. The number of ketones is 1. The summed E-state index contributed by atoms with van der Waals surface area (Å²) in [6, 6.07) is 0. The molecule has 0 spiro atoms. The van der Waals surface area contributed by atoms with Crippen molar-refractivity contribution in [2.45, 2.75) is 39.0 Å². The predicted octanol–water partition coefficient (Wildman–Crippen LogP) is 2.81. The zero-order valence-electron chi connectivity index (χ0n) is 13.3. The van der Waals surface area contributed by atoms with Crippen LogP contribution in [0.2, 0.25) is 0 Å². The third-order valence-electron chi connectivity index (χ3n) is 3.16. The molecular weight excluding hydrogens is 308 g/mol. The SMILES string of the molecule is CCCN(CC)c1sc(C(=O)C(C)C)c(N)c1S(C)(=O)=O. The Bertz CT molecular complexity index is 618. The fraction of sp³-hybridized carbons (Fsp3) is 0.643. The number of hydrogen-bond acceptors (Lipinski definition) is 6. The Hall–Kier alpha value is -1.08. The van der Waals surface area contributed by atoms with Crippen LogP contribution in [0.15, 0.2) is 4.90 Å². The monoisotopic (exact) mass is 332 g/mol. The van der Waals surface area contributed by atoms with Crippen molar-refractivity contribution in [2.24, 2.45) is 5.92 Å². The van der Waals surface area contributed by atoms with Gasteiger partial charge in [0.1, 0.15) is 9.90 Å². The molecule has 0 saturated carbocycles. The van der Waals surface area contributed by atoms with Gasteiger partial charge in [0.25, 0.3) is 0 Å². The lowest BCUT2D eigenvalue weighted by atomic mass is 10.1. The molecule has 1 aromatic rings. The third kappa shape index (κ3) is 3.77. The molecule has 0 bridgehead atoms. The van der Waals surface area contributed by atoms with E-state index < -0.39 is 9.84 Å². The van der Waals surface area contributed by atoms with Crippen molar-refractivity contribution < 1.29 is 13.2 Å². The highest BCUT2D eigenvalue weighted by Gasteiger charge is 2.29. The number of carbonyl (C=O) groups is 1. The van der Waals surface area contributed by atoms with Gasteiger partial charge in [0, 0.05) is 25.3 Å². The summed E-state index contributed by atoms with van der Waals surface area (Å²) in [5.41, 5.74) is 6.10. The topological polar surface area (TPSA) is 80.5 Å². The molecule has 0 aliphatic heterocycles. The summed E-state index contributed by atoms with van der Waals surface area (Å²) in [6.45, 7) is 8.96. The van der Waals surface area contributed by atoms with Crippen LogP contribution in [0.1, 0.15) is 43.8 Å². The molecule has 1 aromatic heterocycles. The molecule has 120 valence electrons. The minimum absolute atomic E-state index is 0.103. The first-order chi connectivity index (χ1) is 9.65. The largest absolute Gasteiger partial charge is 0.396 e. The molecule has 0 aromatic carbocycles. The van der Waals surface area contributed by atoms with Gasteiger partial charge in [-0.2, -0.15) is 0 Å². The zero-order valence-corrected chi connectivity index (χ0v) is 14.9. The maximum atomic E-state index is 12.2. The molecule has 0 aliphatic carbocycles. The van der Waals surface area contributed by atoms with E-state index in [4.69, 9.17) is 5.73 Å². The molecule has 0 saturated heterocycles. The van der Waals surface area contributed by atoms with E-state index in [1.54, 1.807) is 13.8 Å². The van der Waals surface area contributed by atoms with Crippen LogP contribution in [0, 0.1) is 5.92 Å². The van der Waals surface area contributed by atoms with E-state index in [1.807, 2.05) is 18.7 Å². The second kappa shape index (κ2) is 6.79. The average Bonchev–Trinajstić information content (AvgIpc) is 2.72. The smallest absolute Gasteiger partial charge is 0.180 e. The van der Waals surface area contributed by atoms with E-state index in [0.717, 1.165) is 19.2 Å². The number of nitrogen functional groups attached to an aromatic ring is 1. The molecule has 0 atom stereocenters. The van der Waals surface area contributed by atoms with Gasteiger partial charge in [0.2, 0.25) is 0 Å². The Morgan fingerprint density at radius 1 is 1.33 bits per heavy atom. The first-order valence-corrected chi connectivity index (χ1v) is 9.77. The van der Waals surface area contributed by atoms with E-state index in [0.29, 0.717) is 16.4 Å². The Kier molecular flexibility index (Phi) is 5.81. The number of anilines is 2. The Morgan fingerprint density at radius 3 is 2.29 bits per heavy atom. The van der Waals surface area contributed by atoms with E-state index in [-0.39, 0.29) is 22.3 Å². The Labute approximate surface area is 131 Å².